The normalized spacial score (nSPS) is 22.0. The molecule has 25 heavy (non-hydrogen) atoms. The van der Waals surface area contributed by atoms with Crippen molar-refractivity contribution in [3.05, 3.63) is 71.0 Å². The van der Waals surface area contributed by atoms with Crippen molar-refractivity contribution in [1.29, 1.82) is 0 Å². The molecule has 0 bridgehead atoms. The molecule has 2 aliphatic heterocycles. The molecule has 1 fully saturated rings. The largest absolute Gasteiger partial charge is 0.331 e. The monoisotopic (exact) mass is 339 g/mol. The van der Waals surface area contributed by atoms with Gasteiger partial charge in [0, 0.05) is 12.1 Å². The molecule has 2 N–H and O–H groups in total. The maximum Gasteiger partial charge on any atom is 0.322 e. The van der Waals surface area contributed by atoms with Crippen LogP contribution < -0.4 is 10.6 Å². The first kappa shape index (κ1) is 15.3. The lowest BCUT2D eigenvalue weighted by Crippen LogP contribution is -2.52. The minimum atomic E-state index is -1.44. The van der Waals surface area contributed by atoms with E-state index in [2.05, 4.69) is 10.6 Å². The lowest BCUT2D eigenvalue weighted by atomic mass is 9.89. The molecule has 0 aromatic heterocycles. The summed E-state index contributed by atoms with van der Waals surface area (Å²) in [5.74, 6) is -1.22. The van der Waals surface area contributed by atoms with E-state index in [4.69, 9.17) is 0 Å². The molecule has 0 unspecified atom stereocenters. The fourth-order valence-corrected chi connectivity index (χ4v) is 3.36. The van der Waals surface area contributed by atoms with Gasteiger partial charge in [-0.25, -0.2) is 9.18 Å². The maximum absolute atomic E-state index is 13.3. The van der Waals surface area contributed by atoms with E-state index in [1.54, 1.807) is 12.1 Å². The number of nitrogens with one attached hydrogen (secondary N) is 2. The molecule has 0 saturated carbocycles. The van der Waals surface area contributed by atoms with E-state index in [9.17, 15) is 18.8 Å². The van der Waals surface area contributed by atoms with Gasteiger partial charge in [-0.2, -0.15) is 0 Å². The van der Waals surface area contributed by atoms with Gasteiger partial charge in [0.05, 0.1) is 6.54 Å². The van der Waals surface area contributed by atoms with E-state index < -0.39 is 23.3 Å². The first-order valence-electron chi connectivity index (χ1n) is 7.76. The van der Waals surface area contributed by atoms with E-state index in [1.165, 1.54) is 29.2 Å². The number of imide groups is 1. The third-order valence-corrected chi connectivity index (χ3v) is 4.60. The van der Waals surface area contributed by atoms with E-state index in [0.717, 1.165) is 5.56 Å². The van der Waals surface area contributed by atoms with Crippen LogP contribution in [0.15, 0.2) is 48.5 Å². The predicted octanol–water partition coefficient (Wildman–Crippen LogP) is 1.52. The number of nitrogens with zero attached hydrogens (tertiary/aromatic N) is 1. The molecule has 2 aliphatic rings. The van der Waals surface area contributed by atoms with Crippen LogP contribution in [-0.2, 0) is 16.9 Å². The fourth-order valence-electron chi connectivity index (χ4n) is 3.36. The highest BCUT2D eigenvalue weighted by atomic mass is 19.1. The summed E-state index contributed by atoms with van der Waals surface area (Å²) < 4.78 is 13.3. The Morgan fingerprint density at radius 1 is 1.04 bits per heavy atom. The molecule has 1 saturated heterocycles. The molecule has 0 spiro atoms. The van der Waals surface area contributed by atoms with Gasteiger partial charge in [0.2, 0.25) is 0 Å². The zero-order chi connectivity index (χ0) is 17.6. The summed E-state index contributed by atoms with van der Waals surface area (Å²) in [6, 6.07) is 11.9. The summed E-state index contributed by atoms with van der Waals surface area (Å²) >= 11 is 0. The van der Waals surface area contributed by atoms with Crippen LogP contribution in [0.2, 0.25) is 0 Å². The first-order valence-corrected chi connectivity index (χ1v) is 7.76. The van der Waals surface area contributed by atoms with Gasteiger partial charge in [0.1, 0.15) is 5.82 Å². The van der Waals surface area contributed by atoms with Crippen molar-refractivity contribution >= 4 is 17.8 Å². The Morgan fingerprint density at radius 3 is 2.40 bits per heavy atom. The van der Waals surface area contributed by atoms with Crippen LogP contribution in [0.5, 0.6) is 0 Å². The van der Waals surface area contributed by atoms with Gasteiger partial charge in [0.25, 0.3) is 11.8 Å². The van der Waals surface area contributed by atoms with Gasteiger partial charge < -0.3 is 10.2 Å². The van der Waals surface area contributed by atoms with Crippen LogP contribution in [-0.4, -0.2) is 29.3 Å². The zero-order valence-electron chi connectivity index (χ0n) is 13.1. The molecule has 0 aliphatic carbocycles. The number of hydrogen-bond donors (Lipinski definition) is 2. The molecule has 4 amide bonds. The SMILES string of the molecule is O=C1NC(=O)[C@](CN2Cc3ccccc3C2=O)(c2ccc(F)cc2)N1. The number of hydrogen-bond acceptors (Lipinski definition) is 3. The number of amides is 4. The Morgan fingerprint density at radius 2 is 1.76 bits per heavy atom. The lowest BCUT2D eigenvalue weighted by molar-refractivity contribution is -0.124. The molecular weight excluding hydrogens is 325 g/mol. The highest BCUT2D eigenvalue weighted by molar-refractivity contribution is 6.08. The van der Waals surface area contributed by atoms with Gasteiger partial charge in [-0.3, -0.25) is 14.9 Å². The third-order valence-electron chi connectivity index (χ3n) is 4.60. The number of rotatable bonds is 3. The number of fused-ring (bicyclic) bond motifs is 1. The quantitative estimate of drug-likeness (QED) is 0.832. The van der Waals surface area contributed by atoms with Crippen molar-refractivity contribution in [2.45, 2.75) is 12.1 Å². The smallest absolute Gasteiger partial charge is 0.322 e. The Labute approximate surface area is 142 Å². The van der Waals surface area contributed by atoms with Gasteiger partial charge in [-0.1, -0.05) is 30.3 Å². The Hall–Kier alpha value is -3.22. The van der Waals surface area contributed by atoms with E-state index in [0.29, 0.717) is 17.7 Å². The maximum atomic E-state index is 13.3. The van der Waals surface area contributed by atoms with Crippen molar-refractivity contribution in [1.82, 2.24) is 15.5 Å². The number of benzene rings is 2. The van der Waals surface area contributed by atoms with E-state index in [-0.39, 0.29) is 12.5 Å². The first-order chi connectivity index (χ1) is 12.0. The Bertz CT molecular complexity index is 897. The zero-order valence-corrected chi connectivity index (χ0v) is 13.1. The van der Waals surface area contributed by atoms with Crippen LogP contribution >= 0.6 is 0 Å². The average molecular weight is 339 g/mol. The summed E-state index contributed by atoms with van der Waals surface area (Å²) in [4.78, 5) is 38.4. The average Bonchev–Trinajstić information content (AvgIpc) is 3.06. The van der Waals surface area contributed by atoms with Gasteiger partial charge >= 0.3 is 6.03 Å². The second-order valence-corrected chi connectivity index (χ2v) is 6.14. The summed E-state index contributed by atoms with van der Waals surface area (Å²) in [6.45, 7) is 0.310. The molecule has 0 radical (unpaired) electrons. The van der Waals surface area contributed by atoms with Gasteiger partial charge in [-0.15, -0.1) is 0 Å². The van der Waals surface area contributed by atoms with Crippen molar-refractivity contribution in [2.24, 2.45) is 0 Å². The van der Waals surface area contributed by atoms with Gasteiger partial charge in [0.15, 0.2) is 5.54 Å². The number of urea groups is 1. The van der Waals surface area contributed by atoms with Crippen LogP contribution in [0.25, 0.3) is 0 Å². The molecule has 2 aromatic rings. The highest BCUT2D eigenvalue weighted by Crippen LogP contribution is 2.31. The molecule has 4 rings (SSSR count). The van der Waals surface area contributed by atoms with Crippen molar-refractivity contribution in [3.8, 4) is 0 Å². The minimum absolute atomic E-state index is 0.0380. The van der Waals surface area contributed by atoms with Crippen molar-refractivity contribution < 1.29 is 18.8 Å². The summed E-state index contributed by atoms with van der Waals surface area (Å²) in [5.41, 5.74) is 0.427. The third kappa shape index (κ3) is 2.36. The summed E-state index contributed by atoms with van der Waals surface area (Å²) in [5, 5.41) is 4.82. The van der Waals surface area contributed by atoms with Gasteiger partial charge in [-0.05, 0) is 29.3 Å². The molecular formula is C18H14FN3O3. The topological polar surface area (TPSA) is 78.5 Å². The minimum Gasteiger partial charge on any atom is -0.331 e. The lowest BCUT2D eigenvalue weighted by Gasteiger charge is -2.31. The van der Waals surface area contributed by atoms with Crippen LogP contribution in [0, 0.1) is 5.82 Å². The molecule has 7 heteroatoms. The van der Waals surface area contributed by atoms with Crippen LogP contribution in [0.3, 0.4) is 0 Å². The van der Waals surface area contributed by atoms with Crippen molar-refractivity contribution in [3.63, 3.8) is 0 Å². The Balaban J connectivity index is 1.72. The molecule has 1 atom stereocenters. The summed E-state index contributed by atoms with van der Waals surface area (Å²) in [6.07, 6.45) is 0. The molecule has 2 heterocycles. The number of halogens is 1. The van der Waals surface area contributed by atoms with Crippen LogP contribution in [0.1, 0.15) is 21.5 Å². The highest BCUT2D eigenvalue weighted by Gasteiger charge is 2.50. The fraction of sp³-hybridized carbons (Fsp3) is 0.167. The van der Waals surface area contributed by atoms with Crippen molar-refractivity contribution in [2.75, 3.05) is 6.54 Å². The van der Waals surface area contributed by atoms with Crippen LogP contribution in [0.4, 0.5) is 9.18 Å². The second-order valence-electron chi connectivity index (χ2n) is 6.14. The Kier molecular flexibility index (Phi) is 3.31. The summed E-state index contributed by atoms with van der Waals surface area (Å²) in [7, 11) is 0. The number of carbonyl (C=O) groups excluding carboxylic acids is 3. The van der Waals surface area contributed by atoms with E-state index in [1.807, 2.05) is 12.1 Å². The molecule has 126 valence electrons. The standard InChI is InChI=1S/C18H14FN3O3/c19-13-7-5-12(6-8-13)18(16(24)20-17(25)21-18)10-22-9-11-3-1-2-4-14(11)15(22)23/h1-8H,9-10H2,(H2,20,21,24,25)/t18-/m0/s1. The second kappa shape index (κ2) is 5.41. The predicted molar refractivity (Wildman–Crippen MR) is 85.9 cm³/mol. The number of carbonyl (C=O) groups is 3. The molecule has 6 nitrogen and oxygen atoms in total. The van der Waals surface area contributed by atoms with E-state index >= 15 is 0 Å². The molecule has 2 aromatic carbocycles.